The third-order valence-corrected chi connectivity index (χ3v) is 6.27. The van der Waals surface area contributed by atoms with Gasteiger partial charge in [0.05, 0.1) is 5.60 Å². The Morgan fingerprint density at radius 2 is 1.80 bits per heavy atom. The van der Waals surface area contributed by atoms with Gasteiger partial charge in [-0.1, -0.05) is 13.8 Å². The van der Waals surface area contributed by atoms with Crippen molar-refractivity contribution in [2.24, 2.45) is 0 Å². The average molecular weight is 235 g/mol. The second kappa shape index (κ2) is 3.85. The SMILES string of the molecule is CCN(CC)[P@@]1(=O)OC(C)(C)C[C@@]1(C)O. The van der Waals surface area contributed by atoms with Crippen LogP contribution in [0.25, 0.3) is 0 Å². The highest BCUT2D eigenvalue weighted by Crippen LogP contribution is 2.70. The molecule has 15 heavy (non-hydrogen) atoms. The van der Waals surface area contributed by atoms with Gasteiger partial charge in [0, 0.05) is 19.5 Å². The maximum Gasteiger partial charge on any atom is 0.303 e. The van der Waals surface area contributed by atoms with E-state index in [1.165, 1.54) is 0 Å². The lowest BCUT2D eigenvalue weighted by atomic mass is 10.0. The van der Waals surface area contributed by atoms with Crippen molar-refractivity contribution in [2.45, 2.75) is 52.0 Å². The number of hydrogen-bond acceptors (Lipinski definition) is 3. The first-order valence-corrected chi connectivity index (χ1v) is 7.05. The van der Waals surface area contributed by atoms with Crippen molar-refractivity contribution in [1.29, 1.82) is 0 Å². The molecule has 0 spiro atoms. The standard InChI is InChI=1S/C10H22NO3P/c1-6-11(7-2)15(13)10(5,12)8-9(3,4)14-15/h12H,6-8H2,1-5H3/t10-,15-/m0/s1. The Kier molecular flexibility index (Phi) is 3.38. The second-order valence-corrected chi connectivity index (χ2v) is 7.66. The summed E-state index contributed by atoms with van der Waals surface area (Å²) in [7, 11) is -3.12. The Labute approximate surface area is 92.1 Å². The molecule has 90 valence electrons. The van der Waals surface area contributed by atoms with E-state index in [0.717, 1.165) is 0 Å². The second-order valence-electron chi connectivity index (χ2n) is 4.90. The Morgan fingerprint density at radius 3 is 2.07 bits per heavy atom. The molecule has 0 aromatic rings. The highest BCUT2D eigenvalue weighted by molar-refractivity contribution is 7.58. The van der Waals surface area contributed by atoms with Gasteiger partial charge in [-0.25, -0.2) is 4.67 Å². The van der Waals surface area contributed by atoms with Gasteiger partial charge in [-0.15, -0.1) is 0 Å². The minimum absolute atomic E-state index is 0.410. The first-order valence-electron chi connectivity index (χ1n) is 5.47. The Balaban J connectivity index is 3.07. The zero-order valence-corrected chi connectivity index (χ0v) is 11.2. The van der Waals surface area contributed by atoms with Gasteiger partial charge in [-0.3, -0.25) is 4.57 Å². The fourth-order valence-corrected chi connectivity index (χ4v) is 5.31. The Morgan fingerprint density at radius 1 is 1.33 bits per heavy atom. The molecule has 0 amide bonds. The van der Waals surface area contributed by atoms with E-state index in [9.17, 15) is 9.67 Å². The lowest BCUT2D eigenvalue weighted by Crippen LogP contribution is -2.31. The molecule has 1 saturated heterocycles. The van der Waals surface area contributed by atoms with Crippen LogP contribution in [0.3, 0.4) is 0 Å². The minimum Gasteiger partial charge on any atom is -0.378 e. The van der Waals surface area contributed by atoms with E-state index in [-0.39, 0.29) is 0 Å². The van der Waals surface area contributed by atoms with Gasteiger partial charge in [0.1, 0.15) is 0 Å². The summed E-state index contributed by atoms with van der Waals surface area (Å²) in [6.45, 7) is 10.4. The van der Waals surface area contributed by atoms with E-state index in [4.69, 9.17) is 4.52 Å². The van der Waals surface area contributed by atoms with Gasteiger partial charge in [0.25, 0.3) is 0 Å². The molecule has 0 aromatic heterocycles. The van der Waals surface area contributed by atoms with Crippen LogP contribution < -0.4 is 0 Å². The zero-order valence-electron chi connectivity index (χ0n) is 10.3. The average Bonchev–Trinajstić information content (AvgIpc) is 2.18. The third kappa shape index (κ3) is 2.14. The van der Waals surface area contributed by atoms with Crippen molar-refractivity contribution < 1.29 is 14.2 Å². The normalized spacial score (nSPS) is 39.9. The largest absolute Gasteiger partial charge is 0.378 e. The summed E-state index contributed by atoms with van der Waals surface area (Å²) in [5.41, 5.74) is -0.512. The van der Waals surface area contributed by atoms with Crippen molar-refractivity contribution in [3.63, 3.8) is 0 Å². The van der Waals surface area contributed by atoms with Crippen LogP contribution in [0.5, 0.6) is 0 Å². The summed E-state index contributed by atoms with van der Waals surface area (Å²) in [5.74, 6) is 0. The van der Waals surface area contributed by atoms with Crippen LogP contribution in [0.2, 0.25) is 0 Å². The molecule has 1 N–H and O–H groups in total. The van der Waals surface area contributed by atoms with Gasteiger partial charge in [-0.2, -0.15) is 0 Å². The van der Waals surface area contributed by atoms with Crippen LogP contribution in [-0.2, 0) is 9.09 Å². The Bertz CT molecular complexity index is 284. The van der Waals surface area contributed by atoms with Crippen molar-refractivity contribution in [3.8, 4) is 0 Å². The van der Waals surface area contributed by atoms with Crippen LogP contribution in [0, 0.1) is 0 Å². The number of nitrogens with zero attached hydrogens (tertiary/aromatic N) is 1. The molecular weight excluding hydrogens is 213 g/mol. The third-order valence-electron chi connectivity index (χ3n) is 2.84. The number of rotatable bonds is 3. The van der Waals surface area contributed by atoms with Crippen molar-refractivity contribution in [1.82, 2.24) is 4.67 Å². The monoisotopic (exact) mass is 235 g/mol. The summed E-state index contributed by atoms with van der Waals surface area (Å²) < 4.78 is 20.1. The minimum atomic E-state index is -3.12. The van der Waals surface area contributed by atoms with Crippen molar-refractivity contribution in [2.75, 3.05) is 13.1 Å². The van der Waals surface area contributed by atoms with Gasteiger partial charge >= 0.3 is 7.52 Å². The summed E-state index contributed by atoms with van der Waals surface area (Å²) in [5, 5.41) is 9.02. The molecule has 2 atom stereocenters. The molecule has 1 rings (SSSR count). The van der Waals surface area contributed by atoms with Gasteiger partial charge in [0.2, 0.25) is 0 Å². The topological polar surface area (TPSA) is 49.8 Å². The van der Waals surface area contributed by atoms with Crippen molar-refractivity contribution >= 4 is 7.52 Å². The van der Waals surface area contributed by atoms with E-state index in [1.807, 2.05) is 27.7 Å². The quantitative estimate of drug-likeness (QED) is 0.763. The van der Waals surface area contributed by atoms with E-state index in [1.54, 1.807) is 11.6 Å². The van der Waals surface area contributed by atoms with E-state index >= 15 is 0 Å². The molecule has 0 unspecified atom stereocenters. The number of aliphatic hydroxyl groups is 1. The molecule has 0 saturated carbocycles. The molecule has 5 heteroatoms. The molecule has 0 aliphatic carbocycles. The lowest BCUT2D eigenvalue weighted by molar-refractivity contribution is 0.0930. The predicted octanol–water partition coefficient (Wildman–Crippen LogP) is 2.43. The van der Waals surface area contributed by atoms with E-state index in [0.29, 0.717) is 19.5 Å². The smallest absolute Gasteiger partial charge is 0.303 e. The molecule has 0 radical (unpaired) electrons. The summed E-state index contributed by atoms with van der Waals surface area (Å²) in [6.07, 6.45) is 0.410. The van der Waals surface area contributed by atoms with E-state index in [2.05, 4.69) is 0 Å². The maximum absolute atomic E-state index is 12.7. The van der Waals surface area contributed by atoms with Crippen molar-refractivity contribution in [3.05, 3.63) is 0 Å². The zero-order chi connectivity index (χ0) is 11.9. The van der Waals surface area contributed by atoms with Crippen LogP contribution >= 0.6 is 7.52 Å². The predicted molar refractivity (Wildman–Crippen MR) is 60.9 cm³/mol. The van der Waals surface area contributed by atoms with Crippen LogP contribution in [0.4, 0.5) is 0 Å². The molecule has 1 fully saturated rings. The van der Waals surface area contributed by atoms with Gasteiger partial charge in [0.15, 0.2) is 5.34 Å². The first-order chi connectivity index (χ1) is 6.68. The molecule has 0 aromatic carbocycles. The molecule has 1 heterocycles. The first kappa shape index (κ1) is 13.2. The summed E-state index contributed by atoms with van der Waals surface area (Å²) in [6, 6.07) is 0. The van der Waals surface area contributed by atoms with Gasteiger partial charge in [-0.05, 0) is 20.8 Å². The summed E-state index contributed by atoms with van der Waals surface area (Å²) >= 11 is 0. The van der Waals surface area contributed by atoms with E-state index < -0.39 is 18.5 Å². The van der Waals surface area contributed by atoms with Crippen LogP contribution in [0.1, 0.15) is 41.0 Å². The molecular formula is C10H22NO3P. The van der Waals surface area contributed by atoms with Crippen LogP contribution in [-0.4, -0.2) is 33.8 Å². The number of hydrogen-bond donors (Lipinski definition) is 1. The fraction of sp³-hybridized carbons (Fsp3) is 1.00. The molecule has 1 aliphatic rings. The summed E-state index contributed by atoms with van der Waals surface area (Å²) in [4.78, 5) is 0. The maximum atomic E-state index is 12.7. The Hall–Kier alpha value is 0.110. The lowest BCUT2D eigenvalue weighted by Gasteiger charge is -2.33. The highest BCUT2D eigenvalue weighted by Gasteiger charge is 2.59. The molecule has 0 bridgehead atoms. The molecule has 4 nitrogen and oxygen atoms in total. The molecule has 1 aliphatic heterocycles. The van der Waals surface area contributed by atoms with Crippen LogP contribution in [0.15, 0.2) is 0 Å². The fourth-order valence-electron chi connectivity index (χ4n) is 2.33. The highest BCUT2D eigenvalue weighted by atomic mass is 31.2. The van der Waals surface area contributed by atoms with Gasteiger partial charge < -0.3 is 9.63 Å².